The van der Waals surface area contributed by atoms with Crippen LogP contribution in [0.3, 0.4) is 0 Å². The van der Waals surface area contributed by atoms with Crippen LogP contribution < -0.4 is 0 Å². The van der Waals surface area contributed by atoms with Crippen molar-refractivity contribution < 1.29 is 9.53 Å². The molecule has 102 valence electrons. The van der Waals surface area contributed by atoms with Crippen molar-refractivity contribution in [1.82, 2.24) is 4.57 Å². The van der Waals surface area contributed by atoms with Crippen molar-refractivity contribution >= 4 is 28.8 Å². The average molecular weight is 268 g/mol. The second-order valence-corrected chi connectivity index (χ2v) is 5.74. The molecule has 1 aliphatic heterocycles. The van der Waals surface area contributed by atoms with E-state index < -0.39 is 11.6 Å². The number of benzene rings is 1. The van der Waals surface area contributed by atoms with E-state index in [1.54, 1.807) is 6.20 Å². The largest absolute Gasteiger partial charge is 0.455 e. The highest BCUT2D eigenvalue weighted by Crippen LogP contribution is 2.24. The van der Waals surface area contributed by atoms with Crippen LogP contribution >= 0.6 is 0 Å². The molecule has 0 radical (unpaired) electrons. The first-order valence-corrected chi connectivity index (χ1v) is 6.53. The SMILES string of the molecule is CC(C)(C)OC(=O)C1=NC=Cn2ccc3cccc1c32. The van der Waals surface area contributed by atoms with Gasteiger partial charge in [0.25, 0.3) is 0 Å². The molecule has 0 unspecified atom stereocenters. The maximum atomic E-state index is 12.3. The predicted molar refractivity (Wildman–Crippen MR) is 79.7 cm³/mol. The summed E-state index contributed by atoms with van der Waals surface area (Å²) < 4.78 is 7.41. The first-order chi connectivity index (χ1) is 9.46. The lowest BCUT2D eigenvalue weighted by Gasteiger charge is -2.20. The molecule has 1 aromatic heterocycles. The Balaban J connectivity index is 2.13. The molecular formula is C16H16N2O2. The molecular weight excluding hydrogens is 252 g/mol. The Hall–Kier alpha value is -2.36. The number of aliphatic imine (C=N–C) groups is 1. The summed E-state index contributed by atoms with van der Waals surface area (Å²) in [5.74, 6) is -0.399. The van der Waals surface area contributed by atoms with E-state index in [0.29, 0.717) is 5.71 Å². The molecule has 4 heteroatoms. The molecule has 0 atom stereocenters. The van der Waals surface area contributed by atoms with E-state index in [-0.39, 0.29) is 0 Å². The van der Waals surface area contributed by atoms with E-state index in [0.717, 1.165) is 16.5 Å². The summed E-state index contributed by atoms with van der Waals surface area (Å²) in [6.45, 7) is 5.55. The molecule has 0 fully saturated rings. The van der Waals surface area contributed by atoms with Crippen molar-refractivity contribution in [2.45, 2.75) is 26.4 Å². The highest BCUT2D eigenvalue weighted by molar-refractivity contribution is 6.45. The third-order valence-electron chi connectivity index (χ3n) is 3.02. The maximum absolute atomic E-state index is 12.3. The fourth-order valence-electron chi connectivity index (χ4n) is 2.27. The van der Waals surface area contributed by atoms with Crippen LogP contribution in [0.5, 0.6) is 0 Å². The Morgan fingerprint density at radius 2 is 2.05 bits per heavy atom. The lowest BCUT2D eigenvalue weighted by Crippen LogP contribution is -2.29. The van der Waals surface area contributed by atoms with Crippen molar-refractivity contribution in [3.63, 3.8) is 0 Å². The number of rotatable bonds is 1. The van der Waals surface area contributed by atoms with Gasteiger partial charge in [0, 0.05) is 29.5 Å². The standard InChI is InChI=1S/C16H16N2O2/c1-16(2,3)20-15(19)13-12-6-4-5-11-7-9-18(14(11)12)10-8-17-13/h4-10H,1-3H3. The van der Waals surface area contributed by atoms with Gasteiger partial charge in [-0.25, -0.2) is 9.79 Å². The van der Waals surface area contributed by atoms with Gasteiger partial charge in [-0.15, -0.1) is 0 Å². The Labute approximate surface area is 117 Å². The number of aromatic nitrogens is 1. The highest BCUT2D eigenvalue weighted by Gasteiger charge is 2.25. The van der Waals surface area contributed by atoms with Gasteiger partial charge in [-0.05, 0) is 26.8 Å². The van der Waals surface area contributed by atoms with Crippen LogP contribution in [0.4, 0.5) is 0 Å². The topological polar surface area (TPSA) is 43.6 Å². The molecule has 4 nitrogen and oxygen atoms in total. The number of carbonyl (C=O) groups excluding carboxylic acids is 1. The fraction of sp³-hybridized carbons (Fsp3) is 0.250. The van der Waals surface area contributed by atoms with E-state index >= 15 is 0 Å². The van der Waals surface area contributed by atoms with E-state index in [1.807, 2.05) is 62.0 Å². The summed E-state index contributed by atoms with van der Waals surface area (Å²) in [4.78, 5) is 16.6. The summed E-state index contributed by atoms with van der Waals surface area (Å²) >= 11 is 0. The summed E-state index contributed by atoms with van der Waals surface area (Å²) in [6, 6.07) is 7.85. The van der Waals surface area contributed by atoms with Gasteiger partial charge < -0.3 is 9.30 Å². The number of hydrogen-bond donors (Lipinski definition) is 0. The van der Waals surface area contributed by atoms with Gasteiger partial charge in [-0.1, -0.05) is 18.2 Å². The first kappa shape index (κ1) is 12.7. The van der Waals surface area contributed by atoms with Gasteiger partial charge in [0.2, 0.25) is 0 Å². The molecule has 0 saturated carbocycles. The van der Waals surface area contributed by atoms with E-state index in [1.165, 1.54) is 0 Å². The van der Waals surface area contributed by atoms with Crippen LogP contribution in [-0.2, 0) is 9.53 Å². The Morgan fingerprint density at radius 1 is 1.25 bits per heavy atom. The third kappa shape index (κ3) is 2.13. The monoisotopic (exact) mass is 268 g/mol. The van der Waals surface area contributed by atoms with Crippen molar-refractivity contribution in [2.24, 2.45) is 4.99 Å². The van der Waals surface area contributed by atoms with E-state index in [9.17, 15) is 4.79 Å². The van der Waals surface area contributed by atoms with Gasteiger partial charge in [0.1, 0.15) is 5.60 Å². The quantitative estimate of drug-likeness (QED) is 0.745. The Bertz CT molecular complexity index is 745. The zero-order valence-electron chi connectivity index (χ0n) is 11.8. The number of esters is 1. The molecule has 0 spiro atoms. The zero-order valence-corrected chi connectivity index (χ0v) is 11.8. The maximum Gasteiger partial charge on any atom is 0.358 e. The molecule has 1 aliphatic rings. The summed E-state index contributed by atoms with van der Waals surface area (Å²) in [5, 5.41) is 1.07. The minimum atomic E-state index is -0.536. The lowest BCUT2D eigenvalue weighted by molar-refractivity contribution is -0.146. The number of carbonyl (C=O) groups is 1. The number of ether oxygens (including phenoxy) is 1. The van der Waals surface area contributed by atoms with Gasteiger partial charge >= 0.3 is 5.97 Å². The molecule has 0 bridgehead atoms. The van der Waals surface area contributed by atoms with Crippen LogP contribution in [-0.4, -0.2) is 21.8 Å². The second-order valence-electron chi connectivity index (χ2n) is 5.74. The van der Waals surface area contributed by atoms with Gasteiger partial charge in [-0.3, -0.25) is 0 Å². The second kappa shape index (κ2) is 4.34. The number of para-hydroxylation sites is 1. The Kier molecular flexibility index (Phi) is 2.74. The van der Waals surface area contributed by atoms with Crippen LogP contribution in [0.2, 0.25) is 0 Å². The van der Waals surface area contributed by atoms with Crippen LogP contribution in [0, 0.1) is 0 Å². The predicted octanol–water partition coefficient (Wildman–Crippen LogP) is 3.21. The minimum Gasteiger partial charge on any atom is -0.455 e. The van der Waals surface area contributed by atoms with Crippen LogP contribution in [0.15, 0.2) is 41.7 Å². The molecule has 3 rings (SSSR count). The molecule has 1 aromatic carbocycles. The van der Waals surface area contributed by atoms with Gasteiger partial charge in [0.15, 0.2) is 5.71 Å². The third-order valence-corrected chi connectivity index (χ3v) is 3.02. The smallest absolute Gasteiger partial charge is 0.358 e. The minimum absolute atomic E-state index is 0.347. The molecule has 0 amide bonds. The van der Waals surface area contributed by atoms with Crippen molar-refractivity contribution in [3.05, 3.63) is 42.2 Å². The normalized spacial score (nSPS) is 14.1. The number of hydrogen-bond acceptors (Lipinski definition) is 3. The fourth-order valence-corrected chi connectivity index (χ4v) is 2.27. The van der Waals surface area contributed by atoms with Crippen molar-refractivity contribution in [3.8, 4) is 0 Å². The van der Waals surface area contributed by atoms with E-state index in [2.05, 4.69) is 4.99 Å². The summed E-state index contributed by atoms with van der Waals surface area (Å²) in [5.41, 5.74) is 1.59. The number of nitrogens with zero attached hydrogens (tertiary/aromatic N) is 2. The zero-order chi connectivity index (χ0) is 14.3. The molecule has 20 heavy (non-hydrogen) atoms. The van der Waals surface area contributed by atoms with Crippen molar-refractivity contribution in [2.75, 3.05) is 0 Å². The first-order valence-electron chi connectivity index (χ1n) is 6.53. The van der Waals surface area contributed by atoms with Crippen molar-refractivity contribution in [1.29, 1.82) is 0 Å². The molecule has 0 N–H and O–H groups in total. The Morgan fingerprint density at radius 3 is 2.80 bits per heavy atom. The highest BCUT2D eigenvalue weighted by atomic mass is 16.6. The summed E-state index contributed by atoms with van der Waals surface area (Å²) in [6.07, 6.45) is 5.42. The summed E-state index contributed by atoms with van der Waals surface area (Å²) in [7, 11) is 0. The van der Waals surface area contributed by atoms with Crippen LogP contribution in [0.25, 0.3) is 17.1 Å². The average Bonchev–Trinajstić information content (AvgIpc) is 2.65. The van der Waals surface area contributed by atoms with Crippen LogP contribution in [0.1, 0.15) is 26.3 Å². The van der Waals surface area contributed by atoms with E-state index in [4.69, 9.17) is 4.74 Å². The molecule has 2 aromatic rings. The van der Waals surface area contributed by atoms with Gasteiger partial charge in [0.05, 0.1) is 5.52 Å². The lowest BCUT2D eigenvalue weighted by atomic mass is 10.1. The molecule has 2 heterocycles. The molecule has 0 aliphatic carbocycles. The molecule has 0 saturated heterocycles. The van der Waals surface area contributed by atoms with Gasteiger partial charge in [-0.2, -0.15) is 0 Å².